The van der Waals surface area contributed by atoms with Gasteiger partial charge in [-0.25, -0.2) is 0 Å². The average Bonchev–Trinajstić information content (AvgIpc) is 3.69. The van der Waals surface area contributed by atoms with Crippen LogP contribution >= 0.6 is 0 Å². The molecular formula is C30H22N4O5. The van der Waals surface area contributed by atoms with Crippen molar-refractivity contribution in [1.82, 2.24) is 20.4 Å². The molecule has 0 atom stereocenters. The van der Waals surface area contributed by atoms with Crippen LogP contribution in [0.5, 0.6) is 23.0 Å². The first-order chi connectivity index (χ1) is 19.2. The van der Waals surface area contributed by atoms with E-state index in [0.29, 0.717) is 35.1 Å². The third-order valence-electron chi connectivity index (χ3n) is 5.96. The van der Waals surface area contributed by atoms with Gasteiger partial charge in [-0.2, -0.15) is 0 Å². The summed E-state index contributed by atoms with van der Waals surface area (Å²) in [5.74, 6) is 4.57. The van der Waals surface area contributed by atoms with Crippen molar-refractivity contribution < 1.29 is 23.0 Å². The highest BCUT2D eigenvalue weighted by atomic mass is 16.5. The van der Waals surface area contributed by atoms with E-state index in [4.69, 9.17) is 23.0 Å². The zero-order chi connectivity index (χ0) is 26.6. The summed E-state index contributed by atoms with van der Waals surface area (Å²) < 4.78 is 28.1. The summed E-state index contributed by atoms with van der Waals surface area (Å²) in [5.41, 5.74) is 3.20. The highest BCUT2D eigenvalue weighted by Gasteiger charge is 2.13. The normalized spacial score (nSPS) is 10.8. The zero-order valence-electron chi connectivity index (χ0n) is 21.1. The molecule has 0 spiro atoms. The molecule has 0 unspecified atom stereocenters. The minimum Gasteiger partial charge on any atom is -0.497 e. The molecule has 6 aromatic rings. The number of benzene rings is 4. The Morgan fingerprint density at radius 3 is 0.897 bits per heavy atom. The lowest BCUT2D eigenvalue weighted by Gasteiger charge is -2.06. The van der Waals surface area contributed by atoms with Gasteiger partial charge in [0.05, 0.1) is 14.2 Å². The maximum Gasteiger partial charge on any atom is 0.248 e. The molecule has 9 nitrogen and oxygen atoms in total. The van der Waals surface area contributed by atoms with Crippen LogP contribution in [0.15, 0.2) is 106 Å². The molecular weight excluding hydrogens is 496 g/mol. The monoisotopic (exact) mass is 518 g/mol. The molecule has 6 rings (SSSR count). The van der Waals surface area contributed by atoms with Crippen LogP contribution in [0.2, 0.25) is 0 Å². The van der Waals surface area contributed by atoms with Crippen LogP contribution in [0.4, 0.5) is 0 Å². The lowest BCUT2D eigenvalue weighted by molar-refractivity contribution is 0.414. The van der Waals surface area contributed by atoms with Crippen molar-refractivity contribution >= 4 is 0 Å². The van der Waals surface area contributed by atoms with Crippen LogP contribution in [0.3, 0.4) is 0 Å². The van der Waals surface area contributed by atoms with E-state index in [9.17, 15) is 0 Å². The molecule has 0 amide bonds. The van der Waals surface area contributed by atoms with Crippen LogP contribution in [0.1, 0.15) is 0 Å². The van der Waals surface area contributed by atoms with Gasteiger partial charge in [0.2, 0.25) is 23.6 Å². The highest BCUT2D eigenvalue weighted by molar-refractivity contribution is 5.61. The van der Waals surface area contributed by atoms with E-state index in [-0.39, 0.29) is 0 Å². The van der Waals surface area contributed by atoms with Gasteiger partial charge in [-0.1, -0.05) is 0 Å². The minimum absolute atomic E-state index is 0.422. The number of ether oxygens (including phenoxy) is 3. The van der Waals surface area contributed by atoms with E-state index in [1.165, 1.54) is 0 Å². The van der Waals surface area contributed by atoms with E-state index in [0.717, 1.165) is 33.8 Å². The van der Waals surface area contributed by atoms with Crippen molar-refractivity contribution in [2.24, 2.45) is 0 Å². The summed E-state index contributed by atoms with van der Waals surface area (Å²) in [7, 11) is 3.25. The van der Waals surface area contributed by atoms with Crippen LogP contribution in [-0.2, 0) is 0 Å². The van der Waals surface area contributed by atoms with Gasteiger partial charge in [-0.05, 0) is 97.1 Å². The van der Waals surface area contributed by atoms with Gasteiger partial charge < -0.3 is 23.0 Å². The van der Waals surface area contributed by atoms with Gasteiger partial charge >= 0.3 is 0 Å². The number of hydrogen-bond acceptors (Lipinski definition) is 9. The van der Waals surface area contributed by atoms with Crippen LogP contribution in [-0.4, -0.2) is 34.6 Å². The molecule has 4 aromatic carbocycles. The molecule has 0 N–H and O–H groups in total. The average molecular weight is 519 g/mol. The lowest BCUT2D eigenvalue weighted by Crippen LogP contribution is -1.85. The van der Waals surface area contributed by atoms with Gasteiger partial charge in [0, 0.05) is 22.3 Å². The fourth-order valence-corrected chi connectivity index (χ4v) is 3.85. The summed E-state index contributed by atoms with van der Waals surface area (Å²) in [6.07, 6.45) is 0. The van der Waals surface area contributed by atoms with Crippen LogP contribution in [0.25, 0.3) is 45.8 Å². The molecule has 0 aliphatic heterocycles. The fraction of sp³-hybridized carbons (Fsp3) is 0.0667. The molecule has 0 radical (unpaired) electrons. The van der Waals surface area contributed by atoms with Gasteiger partial charge in [0.15, 0.2) is 0 Å². The maximum atomic E-state index is 6.00. The van der Waals surface area contributed by atoms with E-state index >= 15 is 0 Å². The summed E-state index contributed by atoms with van der Waals surface area (Å²) in [5, 5.41) is 16.7. The minimum atomic E-state index is 0.422. The Balaban J connectivity index is 1.11. The summed E-state index contributed by atoms with van der Waals surface area (Å²) in [4.78, 5) is 0. The van der Waals surface area contributed by atoms with E-state index in [1.54, 1.807) is 14.2 Å². The standard InChI is InChI=1S/C30H22N4O5/c1-35-23-11-3-19(4-12-23)27-31-33-29(38-27)21-7-15-25(16-8-21)37-26-17-9-22(10-18-26)30-34-32-28(39-30)20-5-13-24(36-2)14-6-20/h3-18H,1-2H3. The maximum absolute atomic E-state index is 6.00. The number of nitrogens with zero attached hydrogens (tertiary/aromatic N) is 4. The third-order valence-corrected chi connectivity index (χ3v) is 5.96. The van der Waals surface area contributed by atoms with Crippen molar-refractivity contribution in [3.63, 3.8) is 0 Å². The quantitative estimate of drug-likeness (QED) is 0.212. The number of hydrogen-bond donors (Lipinski definition) is 0. The van der Waals surface area contributed by atoms with Crippen molar-refractivity contribution in [2.45, 2.75) is 0 Å². The summed E-state index contributed by atoms with van der Waals surface area (Å²) in [6, 6.07) is 29.7. The van der Waals surface area contributed by atoms with Gasteiger partial charge in [0.25, 0.3) is 0 Å². The topological polar surface area (TPSA) is 106 Å². The SMILES string of the molecule is COc1ccc(-c2nnc(-c3ccc(Oc4ccc(-c5nnc(-c6ccc(OC)cc6)o5)cc4)cc3)o2)cc1. The van der Waals surface area contributed by atoms with Crippen molar-refractivity contribution in [3.8, 4) is 68.8 Å². The van der Waals surface area contributed by atoms with Gasteiger partial charge in [-0.15, -0.1) is 20.4 Å². The second kappa shape index (κ2) is 10.5. The fourth-order valence-electron chi connectivity index (χ4n) is 3.85. The molecule has 39 heavy (non-hydrogen) atoms. The predicted octanol–water partition coefficient (Wildman–Crippen LogP) is 6.93. The predicted molar refractivity (Wildman–Crippen MR) is 144 cm³/mol. The summed E-state index contributed by atoms with van der Waals surface area (Å²) >= 11 is 0. The molecule has 2 heterocycles. The first-order valence-corrected chi connectivity index (χ1v) is 12.0. The van der Waals surface area contributed by atoms with E-state index in [1.807, 2.05) is 97.1 Å². The Labute approximate surface area is 223 Å². The molecule has 9 heteroatoms. The second-order valence-electron chi connectivity index (χ2n) is 8.43. The van der Waals surface area contributed by atoms with E-state index in [2.05, 4.69) is 20.4 Å². The smallest absolute Gasteiger partial charge is 0.248 e. The third kappa shape index (κ3) is 5.19. The molecule has 0 bridgehead atoms. The van der Waals surface area contributed by atoms with Crippen LogP contribution in [0, 0.1) is 0 Å². The zero-order valence-corrected chi connectivity index (χ0v) is 21.1. The van der Waals surface area contributed by atoms with Crippen molar-refractivity contribution in [3.05, 3.63) is 97.1 Å². The Hall–Kier alpha value is -5.44. The molecule has 0 aliphatic carbocycles. The Morgan fingerprint density at radius 2 is 0.641 bits per heavy atom. The number of methoxy groups -OCH3 is 2. The molecule has 0 fully saturated rings. The Bertz CT molecular complexity index is 1550. The largest absolute Gasteiger partial charge is 0.497 e. The molecule has 0 aliphatic rings. The first-order valence-electron chi connectivity index (χ1n) is 12.0. The molecule has 0 saturated carbocycles. The van der Waals surface area contributed by atoms with Gasteiger partial charge in [0.1, 0.15) is 23.0 Å². The summed E-state index contributed by atoms with van der Waals surface area (Å²) in [6.45, 7) is 0. The van der Waals surface area contributed by atoms with Crippen molar-refractivity contribution in [2.75, 3.05) is 14.2 Å². The Kier molecular flexibility index (Phi) is 6.45. The van der Waals surface area contributed by atoms with Crippen molar-refractivity contribution in [1.29, 1.82) is 0 Å². The van der Waals surface area contributed by atoms with E-state index < -0.39 is 0 Å². The number of rotatable bonds is 8. The first kappa shape index (κ1) is 23.9. The van der Waals surface area contributed by atoms with Gasteiger partial charge in [-0.3, -0.25) is 0 Å². The number of aromatic nitrogens is 4. The Morgan fingerprint density at radius 1 is 0.385 bits per heavy atom. The lowest BCUT2D eigenvalue weighted by atomic mass is 10.2. The second-order valence-corrected chi connectivity index (χ2v) is 8.43. The molecule has 192 valence electrons. The van der Waals surface area contributed by atoms with Crippen LogP contribution < -0.4 is 14.2 Å². The molecule has 2 aromatic heterocycles. The highest BCUT2D eigenvalue weighted by Crippen LogP contribution is 2.30. The molecule has 0 saturated heterocycles.